The molecular formula is C22H25N5O. The molecule has 0 spiro atoms. The Bertz CT molecular complexity index is 966. The Morgan fingerprint density at radius 3 is 2.82 bits per heavy atom. The lowest BCUT2D eigenvalue weighted by Gasteiger charge is -2.32. The highest BCUT2D eigenvalue weighted by molar-refractivity contribution is 5.94. The lowest BCUT2D eigenvalue weighted by atomic mass is 9.97. The van der Waals surface area contributed by atoms with Crippen LogP contribution in [0.1, 0.15) is 34.3 Å². The Kier molecular flexibility index (Phi) is 5.19. The van der Waals surface area contributed by atoms with Crippen LogP contribution in [-0.2, 0) is 6.54 Å². The second kappa shape index (κ2) is 7.92. The van der Waals surface area contributed by atoms with Crippen molar-refractivity contribution in [2.75, 3.05) is 13.1 Å². The molecule has 0 radical (unpaired) electrons. The molecule has 0 N–H and O–H groups in total. The van der Waals surface area contributed by atoms with Crippen molar-refractivity contribution in [3.8, 4) is 11.4 Å². The van der Waals surface area contributed by atoms with Gasteiger partial charge in [0.25, 0.3) is 5.91 Å². The molecule has 1 amide bonds. The molecule has 1 aromatic carbocycles. The van der Waals surface area contributed by atoms with Crippen molar-refractivity contribution >= 4 is 5.91 Å². The highest BCUT2D eigenvalue weighted by Crippen LogP contribution is 2.22. The first-order chi connectivity index (χ1) is 13.6. The van der Waals surface area contributed by atoms with Gasteiger partial charge in [0.1, 0.15) is 5.69 Å². The van der Waals surface area contributed by atoms with Crippen LogP contribution < -0.4 is 0 Å². The highest BCUT2D eigenvalue weighted by Gasteiger charge is 2.25. The van der Waals surface area contributed by atoms with Gasteiger partial charge in [0.2, 0.25) is 0 Å². The number of hydrogen-bond acceptors (Lipinski definition) is 4. The van der Waals surface area contributed by atoms with Crippen molar-refractivity contribution in [1.29, 1.82) is 0 Å². The molecule has 1 atom stereocenters. The summed E-state index contributed by atoms with van der Waals surface area (Å²) in [4.78, 5) is 19.2. The molecule has 1 aliphatic heterocycles. The third kappa shape index (κ3) is 3.96. The molecule has 0 saturated carbocycles. The van der Waals surface area contributed by atoms with Crippen molar-refractivity contribution in [2.45, 2.75) is 33.2 Å². The van der Waals surface area contributed by atoms with Crippen molar-refractivity contribution in [3.05, 3.63) is 65.5 Å². The van der Waals surface area contributed by atoms with E-state index in [0.717, 1.165) is 55.0 Å². The number of carbonyl (C=O) groups excluding carboxylic acids is 1. The maximum Gasteiger partial charge on any atom is 0.253 e. The fourth-order valence-electron chi connectivity index (χ4n) is 3.74. The minimum Gasteiger partial charge on any atom is -0.338 e. The summed E-state index contributed by atoms with van der Waals surface area (Å²) >= 11 is 0. The van der Waals surface area contributed by atoms with Gasteiger partial charge >= 0.3 is 0 Å². The SMILES string of the molecule is Cc1ccc(C(=O)N2CCC[C@@H](Cn3cc(-c4ccccn4)nn3)C2)cc1C. The molecule has 6 nitrogen and oxygen atoms in total. The molecule has 0 unspecified atom stereocenters. The van der Waals surface area contributed by atoms with Gasteiger partial charge in [0.05, 0.1) is 11.9 Å². The molecule has 0 aliphatic carbocycles. The lowest BCUT2D eigenvalue weighted by molar-refractivity contribution is 0.0659. The van der Waals surface area contributed by atoms with E-state index in [0.29, 0.717) is 5.92 Å². The smallest absolute Gasteiger partial charge is 0.253 e. The standard InChI is InChI=1S/C22H25N5O/c1-16-8-9-19(12-17(16)2)22(28)26-11-5-6-18(13-26)14-27-15-21(24-25-27)20-7-3-4-10-23-20/h3-4,7-10,12,15,18H,5-6,11,13-14H2,1-2H3/t18-/m1/s1. The van der Waals surface area contributed by atoms with Gasteiger partial charge in [0.15, 0.2) is 0 Å². The van der Waals surface area contributed by atoms with Gasteiger partial charge in [-0.3, -0.25) is 14.5 Å². The fraction of sp³-hybridized carbons (Fsp3) is 0.364. The summed E-state index contributed by atoms with van der Waals surface area (Å²) in [5, 5.41) is 8.50. The zero-order valence-electron chi connectivity index (χ0n) is 16.4. The number of aryl methyl sites for hydroxylation is 2. The number of likely N-dealkylation sites (tertiary alicyclic amines) is 1. The summed E-state index contributed by atoms with van der Waals surface area (Å²) < 4.78 is 1.87. The highest BCUT2D eigenvalue weighted by atomic mass is 16.2. The Morgan fingerprint density at radius 1 is 1.14 bits per heavy atom. The van der Waals surface area contributed by atoms with E-state index in [-0.39, 0.29) is 5.91 Å². The number of pyridine rings is 1. The molecule has 1 saturated heterocycles. The minimum atomic E-state index is 0.126. The van der Waals surface area contributed by atoms with Crippen molar-refractivity contribution in [2.24, 2.45) is 5.92 Å². The summed E-state index contributed by atoms with van der Waals surface area (Å²) in [6.45, 7) is 6.45. The first kappa shape index (κ1) is 18.3. The second-order valence-corrected chi connectivity index (χ2v) is 7.60. The maximum absolute atomic E-state index is 12.9. The third-order valence-corrected chi connectivity index (χ3v) is 5.47. The van der Waals surface area contributed by atoms with E-state index in [1.807, 2.05) is 52.2 Å². The average Bonchev–Trinajstić information content (AvgIpc) is 3.19. The summed E-state index contributed by atoms with van der Waals surface area (Å²) in [6, 6.07) is 11.7. The van der Waals surface area contributed by atoms with Gasteiger partial charge in [-0.25, -0.2) is 0 Å². The van der Waals surface area contributed by atoms with Gasteiger partial charge in [-0.2, -0.15) is 0 Å². The number of hydrogen-bond donors (Lipinski definition) is 0. The Labute approximate surface area is 165 Å². The van der Waals surface area contributed by atoms with Crippen molar-refractivity contribution in [1.82, 2.24) is 24.9 Å². The Hall–Kier alpha value is -3.02. The van der Waals surface area contributed by atoms with Crippen LogP contribution in [0.15, 0.2) is 48.8 Å². The van der Waals surface area contributed by atoms with Gasteiger partial charge in [-0.1, -0.05) is 17.3 Å². The van der Waals surface area contributed by atoms with Crippen LogP contribution in [0.4, 0.5) is 0 Å². The summed E-state index contributed by atoms with van der Waals surface area (Å²) in [6.07, 6.45) is 5.80. The zero-order chi connectivity index (χ0) is 19.5. The van der Waals surface area contributed by atoms with E-state index in [4.69, 9.17) is 0 Å². The van der Waals surface area contributed by atoms with E-state index in [2.05, 4.69) is 29.1 Å². The van der Waals surface area contributed by atoms with E-state index in [1.165, 1.54) is 5.56 Å². The molecule has 4 rings (SSSR count). The Morgan fingerprint density at radius 2 is 2.04 bits per heavy atom. The van der Waals surface area contributed by atoms with E-state index < -0.39 is 0 Å². The number of rotatable bonds is 4. The predicted molar refractivity (Wildman–Crippen MR) is 108 cm³/mol. The van der Waals surface area contributed by atoms with Crippen LogP contribution in [0.5, 0.6) is 0 Å². The van der Waals surface area contributed by atoms with E-state index >= 15 is 0 Å². The van der Waals surface area contributed by atoms with Gasteiger partial charge in [-0.05, 0) is 68.0 Å². The normalized spacial score (nSPS) is 16.9. The summed E-state index contributed by atoms with van der Waals surface area (Å²) in [7, 11) is 0. The molecule has 2 aromatic heterocycles. The van der Waals surface area contributed by atoms with E-state index in [1.54, 1.807) is 6.20 Å². The monoisotopic (exact) mass is 375 g/mol. The van der Waals surface area contributed by atoms with Crippen LogP contribution in [0.3, 0.4) is 0 Å². The molecule has 1 fully saturated rings. The molecule has 6 heteroatoms. The number of carbonyl (C=O) groups is 1. The number of aromatic nitrogens is 4. The fourth-order valence-corrected chi connectivity index (χ4v) is 3.74. The van der Waals surface area contributed by atoms with Gasteiger partial charge in [0, 0.05) is 31.4 Å². The molecule has 1 aliphatic rings. The first-order valence-electron chi connectivity index (χ1n) is 9.78. The molecule has 28 heavy (non-hydrogen) atoms. The second-order valence-electron chi connectivity index (χ2n) is 7.60. The zero-order valence-corrected chi connectivity index (χ0v) is 16.4. The molecule has 0 bridgehead atoms. The molecular weight excluding hydrogens is 350 g/mol. The average molecular weight is 375 g/mol. The van der Waals surface area contributed by atoms with Crippen molar-refractivity contribution < 1.29 is 4.79 Å². The summed E-state index contributed by atoms with van der Waals surface area (Å²) in [5.74, 6) is 0.503. The van der Waals surface area contributed by atoms with Crippen LogP contribution in [0.2, 0.25) is 0 Å². The van der Waals surface area contributed by atoms with Crippen LogP contribution in [0.25, 0.3) is 11.4 Å². The number of piperidine rings is 1. The van der Waals surface area contributed by atoms with Crippen LogP contribution in [0, 0.1) is 19.8 Å². The Balaban J connectivity index is 1.42. The minimum absolute atomic E-state index is 0.126. The number of nitrogens with zero attached hydrogens (tertiary/aromatic N) is 5. The van der Waals surface area contributed by atoms with Crippen molar-refractivity contribution in [3.63, 3.8) is 0 Å². The number of benzene rings is 1. The first-order valence-corrected chi connectivity index (χ1v) is 9.78. The van der Waals surface area contributed by atoms with E-state index in [9.17, 15) is 4.79 Å². The van der Waals surface area contributed by atoms with Crippen LogP contribution >= 0.6 is 0 Å². The van der Waals surface area contributed by atoms with Gasteiger partial charge in [-0.15, -0.1) is 5.10 Å². The van der Waals surface area contributed by atoms with Crippen LogP contribution in [-0.4, -0.2) is 43.9 Å². The predicted octanol–water partition coefficient (Wildman–Crippen LogP) is 3.51. The molecule has 3 heterocycles. The topological polar surface area (TPSA) is 63.9 Å². The quantitative estimate of drug-likeness (QED) is 0.700. The van der Waals surface area contributed by atoms with Gasteiger partial charge < -0.3 is 4.90 Å². The largest absolute Gasteiger partial charge is 0.338 e. The third-order valence-electron chi connectivity index (χ3n) is 5.47. The molecule has 144 valence electrons. The number of amides is 1. The lowest BCUT2D eigenvalue weighted by Crippen LogP contribution is -2.41. The maximum atomic E-state index is 12.9. The summed E-state index contributed by atoms with van der Waals surface area (Å²) in [5.41, 5.74) is 4.75. The molecule has 3 aromatic rings.